The maximum absolute atomic E-state index is 11.9. The SMILES string of the molecule is Cc1[nH]ncc1S(=O)(=O)NCC(Br)C1CC1. The van der Waals surface area contributed by atoms with Gasteiger partial charge in [0.05, 0.1) is 11.9 Å². The number of rotatable bonds is 5. The van der Waals surface area contributed by atoms with Crippen molar-refractivity contribution < 1.29 is 8.42 Å². The molecule has 7 heteroatoms. The molecule has 0 aromatic carbocycles. The van der Waals surface area contributed by atoms with Crippen molar-refractivity contribution in [1.29, 1.82) is 0 Å². The van der Waals surface area contributed by atoms with Gasteiger partial charge in [0.2, 0.25) is 10.0 Å². The molecule has 1 fully saturated rings. The van der Waals surface area contributed by atoms with E-state index in [1.54, 1.807) is 6.92 Å². The first-order valence-electron chi connectivity index (χ1n) is 5.14. The monoisotopic (exact) mass is 307 g/mol. The number of aryl methyl sites for hydroxylation is 1. The molecule has 0 bridgehead atoms. The number of nitrogens with one attached hydrogen (secondary N) is 2. The summed E-state index contributed by atoms with van der Waals surface area (Å²) in [5, 5.41) is 6.32. The van der Waals surface area contributed by atoms with E-state index < -0.39 is 10.0 Å². The highest BCUT2D eigenvalue weighted by molar-refractivity contribution is 9.09. The molecule has 1 aliphatic carbocycles. The highest BCUT2D eigenvalue weighted by atomic mass is 79.9. The van der Waals surface area contributed by atoms with E-state index in [4.69, 9.17) is 0 Å². The Kier molecular flexibility index (Phi) is 3.37. The van der Waals surface area contributed by atoms with Crippen molar-refractivity contribution in [3.63, 3.8) is 0 Å². The van der Waals surface area contributed by atoms with Crippen LogP contribution in [0.4, 0.5) is 0 Å². The lowest BCUT2D eigenvalue weighted by molar-refractivity contribution is 0.577. The number of aromatic amines is 1. The summed E-state index contributed by atoms with van der Waals surface area (Å²) >= 11 is 3.49. The molecule has 5 nitrogen and oxygen atoms in total. The number of alkyl halides is 1. The van der Waals surface area contributed by atoms with Gasteiger partial charge in [-0.25, -0.2) is 13.1 Å². The second kappa shape index (κ2) is 4.46. The Morgan fingerprint density at radius 1 is 1.69 bits per heavy atom. The van der Waals surface area contributed by atoms with E-state index in [1.807, 2.05) is 0 Å². The molecule has 0 saturated heterocycles. The number of hydrogen-bond donors (Lipinski definition) is 2. The minimum absolute atomic E-state index is 0.225. The zero-order valence-electron chi connectivity index (χ0n) is 8.90. The normalized spacial score (nSPS) is 18.6. The average Bonchev–Trinajstić information content (AvgIpc) is 2.98. The number of nitrogens with zero attached hydrogens (tertiary/aromatic N) is 1. The van der Waals surface area contributed by atoms with Crippen molar-refractivity contribution in [2.24, 2.45) is 5.92 Å². The van der Waals surface area contributed by atoms with Gasteiger partial charge >= 0.3 is 0 Å². The first-order chi connectivity index (χ1) is 7.50. The van der Waals surface area contributed by atoms with Gasteiger partial charge in [-0.15, -0.1) is 0 Å². The molecule has 90 valence electrons. The van der Waals surface area contributed by atoms with Crippen LogP contribution in [0.2, 0.25) is 0 Å². The van der Waals surface area contributed by atoms with Crippen LogP contribution >= 0.6 is 15.9 Å². The van der Waals surface area contributed by atoms with E-state index in [9.17, 15) is 8.42 Å². The molecule has 1 heterocycles. The summed E-state index contributed by atoms with van der Waals surface area (Å²) in [6.45, 7) is 2.12. The zero-order valence-corrected chi connectivity index (χ0v) is 11.3. The highest BCUT2D eigenvalue weighted by Crippen LogP contribution is 2.36. The third-order valence-electron chi connectivity index (χ3n) is 2.68. The smallest absolute Gasteiger partial charge is 0.243 e. The van der Waals surface area contributed by atoms with Crippen LogP contribution in [-0.2, 0) is 10.0 Å². The van der Waals surface area contributed by atoms with Crippen molar-refractivity contribution in [1.82, 2.24) is 14.9 Å². The van der Waals surface area contributed by atoms with Gasteiger partial charge in [0.1, 0.15) is 4.90 Å². The topological polar surface area (TPSA) is 74.8 Å². The maximum Gasteiger partial charge on any atom is 0.243 e. The largest absolute Gasteiger partial charge is 0.281 e. The van der Waals surface area contributed by atoms with Crippen LogP contribution in [0.5, 0.6) is 0 Å². The van der Waals surface area contributed by atoms with Crippen molar-refractivity contribution >= 4 is 26.0 Å². The Hall–Kier alpha value is -0.400. The summed E-state index contributed by atoms with van der Waals surface area (Å²) < 4.78 is 26.3. The summed E-state index contributed by atoms with van der Waals surface area (Å²) in [5.74, 6) is 0.619. The summed E-state index contributed by atoms with van der Waals surface area (Å²) in [6, 6.07) is 0. The molecule has 0 amide bonds. The predicted octanol–water partition coefficient (Wildman–Crippen LogP) is 1.17. The lowest BCUT2D eigenvalue weighted by Gasteiger charge is -2.09. The quantitative estimate of drug-likeness (QED) is 0.802. The van der Waals surface area contributed by atoms with Crippen molar-refractivity contribution in [2.45, 2.75) is 29.5 Å². The van der Waals surface area contributed by atoms with Crippen LogP contribution in [0, 0.1) is 12.8 Å². The molecule has 1 atom stereocenters. The molecule has 1 aliphatic rings. The Labute approximate surface area is 103 Å². The van der Waals surface area contributed by atoms with Crippen molar-refractivity contribution in [2.75, 3.05) is 6.54 Å². The van der Waals surface area contributed by atoms with E-state index in [-0.39, 0.29) is 9.72 Å². The molecule has 2 N–H and O–H groups in total. The first kappa shape index (κ1) is 12.1. The van der Waals surface area contributed by atoms with Gasteiger partial charge in [0.15, 0.2) is 0 Å². The van der Waals surface area contributed by atoms with Gasteiger partial charge in [-0.05, 0) is 25.7 Å². The van der Waals surface area contributed by atoms with Gasteiger partial charge in [-0.1, -0.05) is 15.9 Å². The van der Waals surface area contributed by atoms with Crippen molar-refractivity contribution in [3.05, 3.63) is 11.9 Å². The van der Waals surface area contributed by atoms with Gasteiger partial charge in [-0.3, -0.25) is 5.10 Å². The molecular weight excluding hydrogens is 294 g/mol. The lowest BCUT2D eigenvalue weighted by atomic mass is 10.3. The molecule has 1 aromatic heterocycles. The first-order valence-corrected chi connectivity index (χ1v) is 7.54. The van der Waals surface area contributed by atoms with E-state index in [1.165, 1.54) is 19.0 Å². The fourth-order valence-electron chi connectivity index (χ4n) is 1.50. The predicted molar refractivity (Wildman–Crippen MR) is 64.0 cm³/mol. The Morgan fingerprint density at radius 3 is 2.88 bits per heavy atom. The highest BCUT2D eigenvalue weighted by Gasteiger charge is 2.30. The second-order valence-electron chi connectivity index (χ2n) is 4.06. The van der Waals surface area contributed by atoms with Gasteiger partial charge in [-0.2, -0.15) is 5.10 Å². The number of hydrogen-bond acceptors (Lipinski definition) is 3. The maximum atomic E-state index is 11.9. The van der Waals surface area contributed by atoms with Crippen LogP contribution in [0.3, 0.4) is 0 Å². The second-order valence-corrected chi connectivity index (χ2v) is 6.98. The minimum Gasteiger partial charge on any atom is -0.281 e. The molecule has 1 unspecified atom stereocenters. The van der Waals surface area contributed by atoms with E-state index >= 15 is 0 Å². The minimum atomic E-state index is -3.42. The van der Waals surface area contributed by atoms with Crippen LogP contribution in [0.15, 0.2) is 11.1 Å². The Morgan fingerprint density at radius 2 is 2.38 bits per heavy atom. The van der Waals surface area contributed by atoms with Crippen LogP contribution in [0.25, 0.3) is 0 Å². The molecule has 1 aromatic rings. The molecule has 2 rings (SSSR count). The zero-order chi connectivity index (χ0) is 11.8. The Bertz CT molecular complexity index is 467. The van der Waals surface area contributed by atoms with Gasteiger partial charge in [0.25, 0.3) is 0 Å². The summed E-state index contributed by atoms with van der Waals surface area (Å²) in [5.41, 5.74) is 0.560. The van der Waals surface area contributed by atoms with E-state index in [2.05, 4.69) is 30.8 Å². The molecule has 0 aliphatic heterocycles. The summed E-state index contributed by atoms with van der Waals surface area (Å²) in [7, 11) is -3.42. The number of aromatic nitrogens is 2. The average molecular weight is 308 g/mol. The summed E-state index contributed by atoms with van der Waals surface area (Å²) in [4.78, 5) is 0.456. The fourth-order valence-corrected chi connectivity index (χ4v) is 3.60. The van der Waals surface area contributed by atoms with Gasteiger partial charge in [0, 0.05) is 11.4 Å². The number of H-pyrrole nitrogens is 1. The molecule has 0 radical (unpaired) electrons. The van der Waals surface area contributed by atoms with Crippen LogP contribution in [0.1, 0.15) is 18.5 Å². The summed E-state index contributed by atoms with van der Waals surface area (Å²) in [6.07, 6.45) is 3.70. The Balaban J connectivity index is 2.00. The lowest BCUT2D eigenvalue weighted by Crippen LogP contribution is -2.30. The molecule has 1 saturated carbocycles. The third kappa shape index (κ3) is 2.64. The molecule has 0 spiro atoms. The van der Waals surface area contributed by atoms with Crippen LogP contribution < -0.4 is 4.72 Å². The third-order valence-corrected chi connectivity index (χ3v) is 5.28. The number of halogens is 1. The fraction of sp³-hybridized carbons (Fsp3) is 0.667. The molecule has 16 heavy (non-hydrogen) atoms. The van der Waals surface area contributed by atoms with E-state index in [0.717, 1.165) is 0 Å². The number of sulfonamides is 1. The van der Waals surface area contributed by atoms with E-state index in [0.29, 0.717) is 18.2 Å². The molecular formula is C9H14BrN3O2S. The standard InChI is InChI=1S/C9H14BrN3O2S/c1-6-9(5-11-13-6)16(14,15)12-4-8(10)7-2-3-7/h5,7-8,12H,2-4H2,1H3,(H,11,13). The van der Waals surface area contributed by atoms with Gasteiger partial charge < -0.3 is 0 Å². The van der Waals surface area contributed by atoms with Crippen molar-refractivity contribution in [3.8, 4) is 0 Å². The van der Waals surface area contributed by atoms with Crippen LogP contribution in [-0.4, -0.2) is 30.0 Å².